The number of carbonyl (C=O) groups is 2. The van der Waals surface area contributed by atoms with Crippen molar-refractivity contribution < 1.29 is 19.1 Å². The Hall–Kier alpha value is -2.62. The Labute approximate surface area is 127 Å². The van der Waals surface area contributed by atoms with E-state index in [0.29, 0.717) is 0 Å². The topological polar surface area (TPSA) is 52.6 Å². The summed E-state index contributed by atoms with van der Waals surface area (Å²) in [4.78, 5) is 25.0. The van der Waals surface area contributed by atoms with Crippen molar-refractivity contribution in [2.24, 2.45) is 5.92 Å². The van der Waals surface area contributed by atoms with Crippen LogP contribution < -0.4 is 0 Å². The van der Waals surface area contributed by atoms with Gasteiger partial charge in [0.05, 0.1) is 0 Å². The van der Waals surface area contributed by atoms with Gasteiger partial charge < -0.3 is 9.47 Å². The molecule has 2 heterocycles. The van der Waals surface area contributed by atoms with Gasteiger partial charge in [-0.1, -0.05) is 60.7 Å². The average Bonchev–Trinajstić information content (AvgIpc) is 3.07. The molecule has 0 aromatic heterocycles. The predicted molar refractivity (Wildman–Crippen MR) is 77.8 cm³/mol. The van der Waals surface area contributed by atoms with Crippen molar-refractivity contribution in [3.8, 4) is 0 Å². The summed E-state index contributed by atoms with van der Waals surface area (Å²) in [5, 5.41) is 0. The molecule has 4 nitrogen and oxygen atoms in total. The predicted octanol–water partition coefficient (Wildman–Crippen LogP) is 2.40. The average molecular weight is 294 g/mol. The van der Waals surface area contributed by atoms with Gasteiger partial charge in [-0.25, -0.2) is 0 Å². The molecule has 2 aliphatic rings. The lowest BCUT2D eigenvalue weighted by molar-refractivity contribution is -0.151. The summed E-state index contributed by atoms with van der Waals surface area (Å²) in [6.07, 6.45) is -0.649. The van der Waals surface area contributed by atoms with E-state index in [1.165, 1.54) is 0 Å². The molecule has 0 amide bonds. The zero-order chi connectivity index (χ0) is 15.2. The van der Waals surface area contributed by atoms with E-state index in [-0.39, 0.29) is 18.5 Å². The van der Waals surface area contributed by atoms with E-state index >= 15 is 0 Å². The van der Waals surface area contributed by atoms with Crippen molar-refractivity contribution >= 4 is 11.9 Å². The Morgan fingerprint density at radius 1 is 0.909 bits per heavy atom. The maximum absolute atomic E-state index is 12.7. The van der Waals surface area contributed by atoms with Crippen molar-refractivity contribution in [1.82, 2.24) is 0 Å². The van der Waals surface area contributed by atoms with Crippen LogP contribution >= 0.6 is 0 Å². The molecule has 3 atom stereocenters. The van der Waals surface area contributed by atoms with Crippen molar-refractivity contribution in [2.75, 3.05) is 6.61 Å². The van der Waals surface area contributed by atoms with Gasteiger partial charge in [-0.05, 0) is 11.1 Å². The van der Waals surface area contributed by atoms with Gasteiger partial charge in [0, 0.05) is 0 Å². The molecule has 2 aliphatic heterocycles. The third kappa shape index (κ3) is 1.58. The molecule has 2 aromatic rings. The van der Waals surface area contributed by atoms with Crippen LogP contribution in [-0.4, -0.2) is 18.5 Å². The lowest BCUT2D eigenvalue weighted by Crippen LogP contribution is -2.40. The summed E-state index contributed by atoms with van der Waals surface area (Å²) in [7, 11) is 0. The van der Waals surface area contributed by atoms with Crippen molar-refractivity contribution in [1.29, 1.82) is 0 Å². The summed E-state index contributed by atoms with van der Waals surface area (Å²) < 4.78 is 10.9. The van der Waals surface area contributed by atoms with Crippen LogP contribution in [0.2, 0.25) is 0 Å². The van der Waals surface area contributed by atoms with E-state index in [1.807, 2.05) is 60.7 Å². The molecule has 110 valence electrons. The van der Waals surface area contributed by atoms with Gasteiger partial charge in [0.15, 0.2) is 5.41 Å². The Balaban J connectivity index is 1.95. The van der Waals surface area contributed by atoms with Gasteiger partial charge in [0.1, 0.15) is 18.6 Å². The minimum Gasteiger partial charge on any atom is -0.464 e. The quantitative estimate of drug-likeness (QED) is 0.798. The molecular weight excluding hydrogens is 280 g/mol. The first kappa shape index (κ1) is 13.1. The third-order valence-electron chi connectivity index (χ3n) is 4.55. The highest BCUT2D eigenvalue weighted by atomic mass is 16.6. The molecule has 2 fully saturated rings. The Bertz CT molecular complexity index is 725. The number of cyclic esters (lactones) is 2. The highest BCUT2D eigenvalue weighted by Gasteiger charge is 2.68. The van der Waals surface area contributed by atoms with Crippen LogP contribution in [0.3, 0.4) is 0 Å². The summed E-state index contributed by atoms with van der Waals surface area (Å²) in [6.45, 7) is 0.0793. The van der Waals surface area contributed by atoms with Gasteiger partial charge in [-0.2, -0.15) is 0 Å². The second-order valence-corrected chi connectivity index (χ2v) is 5.61. The molecule has 4 rings (SSSR count). The third-order valence-corrected chi connectivity index (χ3v) is 4.55. The molecule has 0 radical (unpaired) electrons. The molecule has 3 unspecified atom stereocenters. The van der Waals surface area contributed by atoms with Crippen LogP contribution in [0.4, 0.5) is 0 Å². The molecule has 22 heavy (non-hydrogen) atoms. The zero-order valence-corrected chi connectivity index (χ0v) is 11.8. The molecule has 0 N–H and O–H groups in total. The first-order valence-corrected chi connectivity index (χ1v) is 7.23. The molecule has 0 aliphatic carbocycles. The zero-order valence-electron chi connectivity index (χ0n) is 11.8. The Kier molecular flexibility index (Phi) is 2.79. The number of fused-ring (bicyclic) bond motifs is 1. The second-order valence-electron chi connectivity index (χ2n) is 5.61. The molecule has 0 bridgehead atoms. The fraction of sp³-hybridized carbons (Fsp3) is 0.222. The van der Waals surface area contributed by atoms with E-state index in [1.54, 1.807) is 0 Å². The van der Waals surface area contributed by atoms with Crippen LogP contribution in [0.1, 0.15) is 17.2 Å². The standard InChI is InChI=1S/C18H14O4/c19-16-14-11-21-17(20)18(14,13-9-5-2-6-10-13)15(22-16)12-7-3-1-4-8-12/h1-10,14-15H,11H2. The van der Waals surface area contributed by atoms with Gasteiger partial charge >= 0.3 is 11.9 Å². The highest BCUT2D eigenvalue weighted by Crippen LogP contribution is 2.55. The molecule has 2 aromatic carbocycles. The second kappa shape index (κ2) is 4.70. The fourth-order valence-electron chi connectivity index (χ4n) is 3.53. The lowest BCUT2D eigenvalue weighted by Gasteiger charge is -2.29. The number of rotatable bonds is 2. The van der Waals surface area contributed by atoms with Gasteiger partial charge in [-0.15, -0.1) is 0 Å². The number of hydrogen-bond donors (Lipinski definition) is 0. The van der Waals surface area contributed by atoms with Gasteiger partial charge in [-0.3, -0.25) is 9.59 Å². The van der Waals surface area contributed by atoms with Gasteiger partial charge in [0.25, 0.3) is 0 Å². The highest BCUT2D eigenvalue weighted by molar-refractivity contribution is 5.97. The molecule has 2 saturated heterocycles. The summed E-state index contributed by atoms with van der Waals surface area (Å²) in [6, 6.07) is 18.7. The van der Waals surface area contributed by atoms with Crippen molar-refractivity contribution in [2.45, 2.75) is 11.5 Å². The van der Waals surface area contributed by atoms with E-state index in [2.05, 4.69) is 0 Å². The summed E-state index contributed by atoms with van der Waals surface area (Å²) >= 11 is 0. The van der Waals surface area contributed by atoms with E-state index in [0.717, 1.165) is 11.1 Å². The number of esters is 2. The van der Waals surface area contributed by atoms with E-state index in [4.69, 9.17) is 9.47 Å². The number of hydrogen-bond acceptors (Lipinski definition) is 4. The van der Waals surface area contributed by atoms with Crippen LogP contribution in [0, 0.1) is 5.92 Å². The monoisotopic (exact) mass is 294 g/mol. The largest absolute Gasteiger partial charge is 0.464 e. The molecular formula is C18H14O4. The molecule has 0 saturated carbocycles. The van der Waals surface area contributed by atoms with Crippen LogP contribution in [0.25, 0.3) is 0 Å². The maximum Gasteiger partial charge on any atom is 0.321 e. The lowest BCUT2D eigenvalue weighted by atomic mass is 9.68. The van der Waals surface area contributed by atoms with Gasteiger partial charge in [0.2, 0.25) is 0 Å². The van der Waals surface area contributed by atoms with E-state index < -0.39 is 17.4 Å². The van der Waals surface area contributed by atoms with Crippen LogP contribution in [-0.2, 0) is 24.5 Å². The molecule has 0 spiro atoms. The van der Waals surface area contributed by atoms with Crippen LogP contribution in [0.5, 0.6) is 0 Å². The number of benzene rings is 2. The summed E-state index contributed by atoms with van der Waals surface area (Å²) in [5.74, 6) is -1.35. The van der Waals surface area contributed by atoms with Crippen molar-refractivity contribution in [3.05, 3.63) is 71.8 Å². The Morgan fingerprint density at radius 2 is 1.55 bits per heavy atom. The maximum atomic E-state index is 12.7. The first-order valence-electron chi connectivity index (χ1n) is 7.23. The molecule has 4 heteroatoms. The summed E-state index contributed by atoms with van der Waals surface area (Å²) in [5.41, 5.74) is 0.489. The first-order chi connectivity index (χ1) is 10.7. The smallest absolute Gasteiger partial charge is 0.321 e. The Morgan fingerprint density at radius 3 is 2.23 bits per heavy atom. The minimum atomic E-state index is -1.08. The fourth-order valence-corrected chi connectivity index (χ4v) is 3.53. The minimum absolute atomic E-state index is 0.0793. The van der Waals surface area contributed by atoms with E-state index in [9.17, 15) is 9.59 Å². The van der Waals surface area contributed by atoms with Crippen LogP contribution in [0.15, 0.2) is 60.7 Å². The number of carbonyl (C=O) groups excluding carboxylic acids is 2. The SMILES string of the molecule is O=C1OC(c2ccccc2)C2(c3ccccc3)C(=O)OCC12. The van der Waals surface area contributed by atoms with Crippen molar-refractivity contribution in [3.63, 3.8) is 0 Å². The number of ether oxygens (including phenoxy) is 2. The normalized spacial score (nSPS) is 29.8.